The van der Waals surface area contributed by atoms with Gasteiger partial charge in [-0.25, -0.2) is 0 Å². The molecule has 2 aliphatic rings. The summed E-state index contributed by atoms with van der Waals surface area (Å²) in [7, 11) is 0. The number of hydrogen-bond acceptors (Lipinski definition) is 2. The molecule has 2 nitrogen and oxygen atoms in total. The highest BCUT2D eigenvalue weighted by molar-refractivity contribution is 4.83. The second kappa shape index (κ2) is 7.26. The van der Waals surface area contributed by atoms with Crippen molar-refractivity contribution in [3.05, 3.63) is 0 Å². The quantitative estimate of drug-likeness (QED) is 0.773. The summed E-state index contributed by atoms with van der Waals surface area (Å²) in [5.41, 5.74) is 6.89. The average Bonchev–Trinajstić information content (AvgIpc) is 2.71. The van der Waals surface area contributed by atoms with Gasteiger partial charge in [0, 0.05) is 12.6 Å². The Morgan fingerprint density at radius 3 is 2.40 bits per heavy atom. The van der Waals surface area contributed by atoms with Crippen molar-refractivity contribution in [1.82, 2.24) is 4.90 Å². The highest BCUT2D eigenvalue weighted by atomic mass is 15.1. The minimum atomic E-state index is 0.458. The van der Waals surface area contributed by atoms with Gasteiger partial charge in [-0.2, -0.15) is 0 Å². The molecule has 1 saturated heterocycles. The minimum absolute atomic E-state index is 0.458. The first-order valence-corrected chi connectivity index (χ1v) is 8.95. The van der Waals surface area contributed by atoms with Crippen LogP contribution in [0.25, 0.3) is 0 Å². The SMILES string of the molecule is CC(C)(C)C1CCCN(CC2CCCCCC2N)CC1. The van der Waals surface area contributed by atoms with Crippen LogP contribution in [-0.4, -0.2) is 30.6 Å². The summed E-state index contributed by atoms with van der Waals surface area (Å²) >= 11 is 0. The van der Waals surface area contributed by atoms with Crippen molar-refractivity contribution in [3.63, 3.8) is 0 Å². The lowest BCUT2D eigenvalue weighted by molar-refractivity contribution is 0.190. The zero-order valence-corrected chi connectivity index (χ0v) is 14.0. The van der Waals surface area contributed by atoms with Gasteiger partial charge in [-0.3, -0.25) is 0 Å². The first kappa shape index (κ1) is 16.3. The van der Waals surface area contributed by atoms with Gasteiger partial charge in [-0.05, 0) is 62.4 Å². The van der Waals surface area contributed by atoms with E-state index >= 15 is 0 Å². The van der Waals surface area contributed by atoms with Crippen LogP contribution in [0.1, 0.15) is 72.1 Å². The van der Waals surface area contributed by atoms with Crippen molar-refractivity contribution in [3.8, 4) is 0 Å². The van der Waals surface area contributed by atoms with E-state index in [2.05, 4.69) is 25.7 Å². The summed E-state index contributed by atoms with van der Waals surface area (Å²) in [5.74, 6) is 1.65. The van der Waals surface area contributed by atoms with E-state index in [4.69, 9.17) is 5.73 Å². The molecular formula is C18H36N2. The predicted molar refractivity (Wildman–Crippen MR) is 87.8 cm³/mol. The van der Waals surface area contributed by atoms with Gasteiger partial charge in [0.25, 0.3) is 0 Å². The van der Waals surface area contributed by atoms with Crippen molar-refractivity contribution >= 4 is 0 Å². The highest BCUT2D eigenvalue weighted by Crippen LogP contribution is 2.34. The third kappa shape index (κ3) is 4.73. The van der Waals surface area contributed by atoms with Gasteiger partial charge in [0.1, 0.15) is 0 Å². The zero-order chi connectivity index (χ0) is 14.6. The van der Waals surface area contributed by atoms with E-state index in [1.807, 2.05) is 0 Å². The largest absolute Gasteiger partial charge is 0.327 e. The molecule has 1 aliphatic carbocycles. The van der Waals surface area contributed by atoms with Crippen LogP contribution in [0.3, 0.4) is 0 Å². The van der Waals surface area contributed by atoms with Crippen LogP contribution in [0.2, 0.25) is 0 Å². The third-order valence-electron chi connectivity index (χ3n) is 5.76. The lowest BCUT2D eigenvalue weighted by atomic mass is 9.77. The number of hydrogen-bond donors (Lipinski definition) is 1. The van der Waals surface area contributed by atoms with Crippen LogP contribution in [0.5, 0.6) is 0 Å². The molecule has 2 rings (SSSR count). The molecule has 1 heterocycles. The van der Waals surface area contributed by atoms with Crippen molar-refractivity contribution in [2.45, 2.75) is 78.2 Å². The fourth-order valence-electron chi connectivity index (χ4n) is 4.18. The van der Waals surface area contributed by atoms with E-state index in [1.54, 1.807) is 0 Å². The first-order valence-electron chi connectivity index (χ1n) is 8.95. The summed E-state index contributed by atoms with van der Waals surface area (Å²) in [6.45, 7) is 11.1. The Bertz CT molecular complexity index is 282. The molecule has 2 fully saturated rings. The molecule has 0 aromatic carbocycles. The van der Waals surface area contributed by atoms with E-state index in [-0.39, 0.29) is 0 Å². The van der Waals surface area contributed by atoms with Crippen LogP contribution in [0, 0.1) is 17.3 Å². The van der Waals surface area contributed by atoms with Crippen molar-refractivity contribution < 1.29 is 0 Å². The van der Waals surface area contributed by atoms with Crippen molar-refractivity contribution in [2.24, 2.45) is 23.0 Å². The van der Waals surface area contributed by atoms with Gasteiger partial charge in [0.05, 0.1) is 0 Å². The Morgan fingerprint density at radius 1 is 0.900 bits per heavy atom. The van der Waals surface area contributed by atoms with E-state index in [9.17, 15) is 0 Å². The minimum Gasteiger partial charge on any atom is -0.327 e. The molecule has 2 N–H and O–H groups in total. The molecule has 0 aromatic heterocycles. The average molecular weight is 280 g/mol. The summed E-state index contributed by atoms with van der Waals surface area (Å²) in [4.78, 5) is 2.72. The third-order valence-corrected chi connectivity index (χ3v) is 5.76. The van der Waals surface area contributed by atoms with Gasteiger partial charge in [0.2, 0.25) is 0 Å². The van der Waals surface area contributed by atoms with Crippen LogP contribution >= 0.6 is 0 Å². The molecule has 0 bridgehead atoms. The topological polar surface area (TPSA) is 29.3 Å². The number of rotatable bonds is 2. The fraction of sp³-hybridized carbons (Fsp3) is 1.00. The Kier molecular flexibility index (Phi) is 5.92. The number of nitrogens with two attached hydrogens (primary N) is 1. The molecule has 0 amide bonds. The Hall–Kier alpha value is -0.0800. The van der Waals surface area contributed by atoms with E-state index in [1.165, 1.54) is 71.0 Å². The van der Waals surface area contributed by atoms with Gasteiger partial charge in [0.15, 0.2) is 0 Å². The van der Waals surface area contributed by atoms with E-state index < -0.39 is 0 Å². The standard InChI is InChI=1S/C18H36N2/c1-18(2,3)16-9-7-12-20(13-11-16)14-15-8-5-4-6-10-17(15)19/h15-17H,4-14,19H2,1-3H3. The molecule has 2 heteroatoms. The molecule has 0 radical (unpaired) electrons. The Morgan fingerprint density at radius 2 is 1.65 bits per heavy atom. The molecule has 0 spiro atoms. The van der Waals surface area contributed by atoms with Gasteiger partial charge < -0.3 is 10.6 Å². The summed E-state index contributed by atoms with van der Waals surface area (Å²) in [6.07, 6.45) is 10.9. The molecule has 0 aromatic rings. The van der Waals surface area contributed by atoms with Crippen LogP contribution in [0.15, 0.2) is 0 Å². The lowest BCUT2D eigenvalue weighted by Gasteiger charge is -2.31. The van der Waals surface area contributed by atoms with Crippen molar-refractivity contribution in [2.75, 3.05) is 19.6 Å². The summed E-state index contributed by atoms with van der Waals surface area (Å²) in [6, 6.07) is 0.458. The summed E-state index contributed by atoms with van der Waals surface area (Å²) < 4.78 is 0. The van der Waals surface area contributed by atoms with Crippen molar-refractivity contribution in [1.29, 1.82) is 0 Å². The van der Waals surface area contributed by atoms with Crippen LogP contribution < -0.4 is 5.73 Å². The monoisotopic (exact) mass is 280 g/mol. The molecule has 3 unspecified atom stereocenters. The summed E-state index contributed by atoms with van der Waals surface area (Å²) in [5, 5.41) is 0. The molecule has 1 aliphatic heterocycles. The molecular weight excluding hydrogens is 244 g/mol. The highest BCUT2D eigenvalue weighted by Gasteiger charge is 2.29. The van der Waals surface area contributed by atoms with E-state index in [0.717, 1.165) is 11.8 Å². The zero-order valence-electron chi connectivity index (χ0n) is 14.0. The van der Waals surface area contributed by atoms with Crippen LogP contribution in [-0.2, 0) is 0 Å². The fourth-order valence-corrected chi connectivity index (χ4v) is 4.18. The Labute approximate surface area is 126 Å². The number of likely N-dealkylation sites (tertiary alicyclic amines) is 1. The molecule has 3 atom stereocenters. The first-order chi connectivity index (χ1) is 9.47. The second-order valence-electron chi connectivity index (χ2n) is 8.36. The predicted octanol–water partition coefficient (Wildman–Crippen LogP) is 4.04. The Balaban J connectivity index is 1.84. The maximum absolute atomic E-state index is 6.41. The smallest absolute Gasteiger partial charge is 0.00793 e. The van der Waals surface area contributed by atoms with Gasteiger partial charge >= 0.3 is 0 Å². The van der Waals surface area contributed by atoms with Crippen LogP contribution in [0.4, 0.5) is 0 Å². The maximum Gasteiger partial charge on any atom is 0.00793 e. The molecule has 20 heavy (non-hydrogen) atoms. The second-order valence-corrected chi connectivity index (χ2v) is 8.36. The lowest BCUT2D eigenvalue weighted by Crippen LogP contribution is -2.39. The maximum atomic E-state index is 6.41. The van der Waals surface area contributed by atoms with Gasteiger partial charge in [-0.15, -0.1) is 0 Å². The number of nitrogens with zero attached hydrogens (tertiary/aromatic N) is 1. The van der Waals surface area contributed by atoms with Gasteiger partial charge in [-0.1, -0.05) is 40.0 Å². The van der Waals surface area contributed by atoms with E-state index in [0.29, 0.717) is 11.5 Å². The normalized spacial score (nSPS) is 34.5. The molecule has 1 saturated carbocycles. The molecule has 118 valence electrons.